The molecule has 2 fully saturated rings. The topological polar surface area (TPSA) is 102 Å². The fraction of sp³-hybridized carbons (Fsp3) is 0.824. The highest BCUT2D eigenvalue weighted by molar-refractivity contribution is 5.92. The van der Waals surface area contributed by atoms with E-state index in [0.29, 0.717) is 13.0 Å². The fourth-order valence-electron chi connectivity index (χ4n) is 3.41. The molecule has 0 aromatic carbocycles. The molecule has 0 aromatic heterocycles. The zero-order valence-electron chi connectivity index (χ0n) is 14.8. The number of rotatable bonds is 4. The van der Waals surface area contributed by atoms with Crippen molar-refractivity contribution in [2.75, 3.05) is 6.54 Å². The van der Waals surface area contributed by atoms with Gasteiger partial charge in [-0.05, 0) is 46.0 Å². The van der Waals surface area contributed by atoms with Gasteiger partial charge in [-0.25, -0.2) is 4.79 Å². The third-order valence-electron chi connectivity index (χ3n) is 4.69. The number of amides is 3. The van der Waals surface area contributed by atoms with Gasteiger partial charge in [-0.1, -0.05) is 19.3 Å². The van der Waals surface area contributed by atoms with E-state index in [-0.39, 0.29) is 11.8 Å². The molecule has 1 heterocycles. The second-order valence-corrected chi connectivity index (χ2v) is 7.76. The molecule has 3 N–H and O–H groups in total. The molecule has 2 aliphatic rings. The summed E-state index contributed by atoms with van der Waals surface area (Å²) in [6, 6.07) is -1.20. The lowest BCUT2D eigenvalue weighted by molar-refractivity contribution is -0.149. The maximum atomic E-state index is 12.9. The van der Waals surface area contributed by atoms with Gasteiger partial charge in [0.25, 0.3) is 0 Å². The SMILES string of the molecule is CC(C)(C)OC(=O)N[C@@H](C(=O)N1CC[C@H]1C(N)=O)C1CCCCC1. The van der Waals surface area contributed by atoms with E-state index in [2.05, 4.69) is 5.32 Å². The number of carbonyl (C=O) groups excluding carboxylic acids is 3. The summed E-state index contributed by atoms with van der Waals surface area (Å²) in [5.74, 6) is -0.634. The number of nitrogens with zero attached hydrogens (tertiary/aromatic N) is 1. The fourth-order valence-corrected chi connectivity index (χ4v) is 3.41. The molecule has 1 saturated heterocycles. The molecule has 0 radical (unpaired) electrons. The summed E-state index contributed by atoms with van der Waals surface area (Å²) in [5, 5.41) is 2.75. The molecule has 0 bridgehead atoms. The van der Waals surface area contributed by atoms with Crippen LogP contribution >= 0.6 is 0 Å². The Labute approximate surface area is 143 Å². The third kappa shape index (κ3) is 4.61. The van der Waals surface area contributed by atoms with Crippen molar-refractivity contribution in [3.05, 3.63) is 0 Å². The average Bonchev–Trinajstić information content (AvgIpc) is 2.41. The molecule has 0 spiro atoms. The van der Waals surface area contributed by atoms with Gasteiger partial charge in [-0.3, -0.25) is 9.59 Å². The standard InChI is InChI=1S/C17H29N3O4/c1-17(2,3)24-16(23)19-13(11-7-5-4-6-8-11)15(22)20-10-9-12(20)14(18)21/h11-13H,4-10H2,1-3H3,(H2,18,21)(H,19,23)/t12-,13+/m0/s1. The number of ether oxygens (including phenoxy) is 1. The quantitative estimate of drug-likeness (QED) is 0.811. The molecule has 2 rings (SSSR count). The predicted octanol–water partition coefficient (Wildman–Crippen LogP) is 1.55. The van der Waals surface area contributed by atoms with Crippen molar-refractivity contribution in [1.82, 2.24) is 10.2 Å². The Bertz CT molecular complexity index is 495. The molecule has 1 aliphatic heterocycles. The van der Waals surface area contributed by atoms with E-state index in [1.54, 1.807) is 20.8 Å². The Hall–Kier alpha value is -1.79. The molecule has 1 aliphatic carbocycles. The van der Waals surface area contributed by atoms with E-state index in [4.69, 9.17) is 10.5 Å². The summed E-state index contributed by atoms with van der Waals surface area (Å²) in [6.45, 7) is 5.85. The first-order chi connectivity index (χ1) is 11.2. The van der Waals surface area contributed by atoms with Gasteiger partial charge in [0, 0.05) is 6.54 Å². The van der Waals surface area contributed by atoms with Crippen molar-refractivity contribution in [2.45, 2.75) is 77.0 Å². The van der Waals surface area contributed by atoms with Gasteiger partial charge in [0.2, 0.25) is 11.8 Å². The van der Waals surface area contributed by atoms with E-state index < -0.39 is 29.7 Å². The van der Waals surface area contributed by atoms with Crippen LogP contribution in [0.5, 0.6) is 0 Å². The van der Waals surface area contributed by atoms with Crippen LogP contribution in [0.3, 0.4) is 0 Å². The first kappa shape index (κ1) is 18.5. The van der Waals surface area contributed by atoms with Gasteiger partial charge in [-0.2, -0.15) is 0 Å². The van der Waals surface area contributed by atoms with Crippen molar-refractivity contribution in [3.63, 3.8) is 0 Å². The second kappa shape index (κ2) is 7.40. The molecule has 1 saturated carbocycles. The Kier molecular flexibility index (Phi) is 5.72. The molecule has 7 heteroatoms. The smallest absolute Gasteiger partial charge is 0.408 e. The van der Waals surface area contributed by atoms with Gasteiger partial charge in [0.1, 0.15) is 17.7 Å². The second-order valence-electron chi connectivity index (χ2n) is 7.76. The van der Waals surface area contributed by atoms with E-state index in [0.717, 1.165) is 32.1 Å². The van der Waals surface area contributed by atoms with Gasteiger partial charge >= 0.3 is 6.09 Å². The van der Waals surface area contributed by atoms with Crippen molar-refractivity contribution in [2.24, 2.45) is 11.7 Å². The molecule has 3 amide bonds. The molecule has 0 aromatic rings. The summed E-state index contributed by atoms with van der Waals surface area (Å²) >= 11 is 0. The lowest BCUT2D eigenvalue weighted by Crippen LogP contribution is -2.63. The zero-order valence-corrected chi connectivity index (χ0v) is 14.8. The predicted molar refractivity (Wildman–Crippen MR) is 89.0 cm³/mol. The normalized spacial score (nSPS) is 23.1. The number of hydrogen-bond acceptors (Lipinski definition) is 4. The molecule has 24 heavy (non-hydrogen) atoms. The van der Waals surface area contributed by atoms with Crippen LogP contribution in [0.2, 0.25) is 0 Å². The maximum absolute atomic E-state index is 12.9. The summed E-state index contributed by atoms with van der Waals surface area (Å²) in [6.07, 6.45) is 5.01. The number of alkyl carbamates (subject to hydrolysis) is 1. The number of carbonyl (C=O) groups is 3. The molecular formula is C17H29N3O4. The van der Waals surface area contributed by atoms with Crippen LogP contribution in [0.1, 0.15) is 59.3 Å². The number of hydrogen-bond donors (Lipinski definition) is 2. The van der Waals surface area contributed by atoms with Gasteiger partial charge in [-0.15, -0.1) is 0 Å². The van der Waals surface area contributed by atoms with Gasteiger partial charge < -0.3 is 20.7 Å². The monoisotopic (exact) mass is 339 g/mol. The van der Waals surface area contributed by atoms with Crippen LogP contribution in [-0.4, -0.2) is 47.0 Å². The molecule has 0 unspecified atom stereocenters. The van der Waals surface area contributed by atoms with E-state index in [9.17, 15) is 14.4 Å². The van der Waals surface area contributed by atoms with Crippen molar-refractivity contribution in [3.8, 4) is 0 Å². The highest BCUT2D eigenvalue weighted by Crippen LogP contribution is 2.29. The summed E-state index contributed by atoms with van der Waals surface area (Å²) in [4.78, 5) is 38.0. The Morgan fingerprint density at radius 3 is 2.21 bits per heavy atom. The molecule has 7 nitrogen and oxygen atoms in total. The zero-order chi connectivity index (χ0) is 17.9. The lowest BCUT2D eigenvalue weighted by Gasteiger charge is -2.42. The van der Waals surface area contributed by atoms with Crippen molar-refractivity contribution < 1.29 is 19.1 Å². The molecular weight excluding hydrogens is 310 g/mol. The highest BCUT2D eigenvalue weighted by atomic mass is 16.6. The van der Waals surface area contributed by atoms with Gasteiger partial charge in [0.05, 0.1) is 0 Å². The summed E-state index contributed by atoms with van der Waals surface area (Å²) in [5.41, 5.74) is 4.72. The lowest BCUT2D eigenvalue weighted by atomic mass is 9.82. The maximum Gasteiger partial charge on any atom is 0.408 e. The molecule has 136 valence electrons. The first-order valence-electron chi connectivity index (χ1n) is 8.78. The average molecular weight is 339 g/mol. The van der Waals surface area contributed by atoms with E-state index in [1.165, 1.54) is 4.90 Å². The summed E-state index contributed by atoms with van der Waals surface area (Å²) < 4.78 is 5.30. The largest absolute Gasteiger partial charge is 0.444 e. The minimum Gasteiger partial charge on any atom is -0.444 e. The van der Waals surface area contributed by atoms with Crippen molar-refractivity contribution in [1.29, 1.82) is 0 Å². The van der Waals surface area contributed by atoms with Crippen LogP contribution < -0.4 is 11.1 Å². The van der Waals surface area contributed by atoms with Gasteiger partial charge in [0.15, 0.2) is 0 Å². The molecule has 2 atom stereocenters. The first-order valence-corrected chi connectivity index (χ1v) is 8.78. The van der Waals surface area contributed by atoms with E-state index in [1.807, 2.05) is 0 Å². The minimum absolute atomic E-state index is 0.0768. The summed E-state index contributed by atoms with van der Waals surface area (Å²) in [7, 11) is 0. The van der Waals surface area contributed by atoms with Crippen LogP contribution in [0.4, 0.5) is 4.79 Å². The number of nitrogens with one attached hydrogen (secondary N) is 1. The Morgan fingerprint density at radius 1 is 1.12 bits per heavy atom. The van der Waals surface area contributed by atoms with Crippen LogP contribution in [-0.2, 0) is 14.3 Å². The number of nitrogens with two attached hydrogens (primary N) is 1. The number of primary amides is 1. The minimum atomic E-state index is -0.651. The van der Waals surface area contributed by atoms with Crippen LogP contribution in [0, 0.1) is 5.92 Å². The van der Waals surface area contributed by atoms with E-state index >= 15 is 0 Å². The van der Waals surface area contributed by atoms with Crippen molar-refractivity contribution >= 4 is 17.9 Å². The highest BCUT2D eigenvalue weighted by Gasteiger charge is 2.42. The van der Waals surface area contributed by atoms with Crippen LogP contribution in [0.25, 0.3) is 0 Å². The Morgan fingerprint density at radius 2 is 1.75 bits per heavy atom. The van der Waals surface area contributed by atoms with Crippen LogP contribution in [0.15, 0.2) is 0 Å². The number of likely N-dealkylation sites (tertiary alicyclic amines) is 1. The third-order valence-corrected chi connectivity index (χ3v) is 4.69. The Balaban J connectivity index is 2.09.